The molecule has 62 valence electrons. The number of nitrogens with two attached hydrogens (primary N) is 1. The van der Waals surface area contributed by atoms with Crippen LogP contribution in [0.15, 0.2) is 0 Å². The van der Waals surface area contributed by atoms with Gasteiger partial charge in [-0.1, -0.05) is 0 Å². The Morgan fingerprint density at radius 1 is 1.70 bits per heavy atom. The Bertz CT molecular complexity index is 195. The summed E-state index contributed by atoms with van der Waals surface area (Å²) in [6.07, 6.45) is 0. The van der Waals surface area contributed by atoms with E-state index in [0.29, 0.717) is 0 Å². The molecule has 0 aromatic carbocycles. The fourth-order valence-electron chi connectivity index (χ4n) is 0.267. The molecule has 1 atom stereocenters. The average molecular weight is 171 g/mol. The summed E-state index contributed by atoms with van der Waals surface area (Å²) in [4.78, 5) is 0. The van der Waals surface area contributed by atoms with Crippen LogP contribution in [0.3, 0.4) is 0 Å². The molecule has 1 unspecified atom stereocenters. The maximum absolute atomic E-state index is 9.95. The van der Waals surface area contributed by atoms with Crippen molar-refractivity contribution in [3.63, 3.8) is 0 Å². The molecule has 0 aliphatic heterocycles. The van der Waals surface area contributed by atoms with E-state index in [1.54, 1.807) is 0 Å². The van der Waals surface area contributed by atoms with Crippen LogP contribution in [0.1, 0.15) is 6.92 Å². The Hall–Kier alpha value is -0.210. The monoisotopic (exact) mass is 171 g/mol. The summed E-state index contributed by atoms with van der Waals surface area (Å²) in [5.74, 6) is 0. The van der Waals surface area contributed by atoms with Crippen LogP contribution < -0.4 is 5.73 Å². The second-order valence-electron chi connectivity index (χ2n) is 1.98. The first-order valence-electron chi connectivity index (χ1n) is 2.35. The molecule has 0 fully saturated rings. The lowest BCUT2D eigenvalue weighted by molar-refractivity contribution is 0.0266. The molecule has 0 amide bonds. The quantitative estimate of drug-likeness (QED) is 0.351. The fourth-order valence-corrected chi connectivity index (χ4v) is 0.801. The van der Waals surface area contributed by atoms with Crippen LogP contribution in [0, 0.1) is 0 Å². The molecule has 4 N–H and O–H groups in total. The van der Waals surface area contributed by atoms with E-state index >= 15 is 0 Å². The summed E-state index contributed by atoms with van der Waals surface area (Å²) in [6, 6.07) is 0. The topological polar surface area (TPSA) is 110 Å². The molecule has 6 nitrogen and oxygen atoms in total. The first-order chi connectivity index (χ1) is 4.27. The van der Waals surface area contributed by atoms with E-state index in [1.807, 2.05) is 0 Å². The molecule has 0 saturated carbocycles. The van der Waals surface area contributed by atoms with Crippen molar-refractivity contribution in [2.75, 3.05) is 6.61 Å². The third-order valence-corrected chi connectivity index (χ3v) is 1.20. The van der Waals surface area contributed by atoms with Crippen molar-refractivity contribution >= 4 is 10.4 Å². The molecule has 0 saturated heterocycles. The van der Waals surface area contributed by atoms with Gasteiger partial charge in [-0.15, -0.1) is 0 Å². The van der Waals surface area contributed by atoms with Gasteiger partial charge in [0, 0.05) is 0 Å². The molecule has 7 heteroatoms. The standard InChI is InChI=1S/C3H9NO5S/c1-3(4,2-5)9-10(6,7)8/h5H,2,4H2,1H3,(H,6,7,8). The highest BCUT2D eigenvalue weighted by Gasteiger charge is 2.24. The fraction of sp³-hybridized carbons (Fsp3) is 1.00. The minimum absolute atomic E-state index is 0.702. The Labute approximate surface area is 58.6 Å². The second-order valence-corrected chi connectivity index (χ2v) is 3.00. The molecule has 0 aliphatic carbocycles. The highest BCUT2D eigenvalue weighted by molar-refractivity contribution is 7.80. The molecule has 0 rings (SSSR count). The number of hydrogen-bond donors (Lipinski definition) is 3. The Morgan fingerprint density at radius 3 is 2.20 bits per heavy atom. The van der Waals surface area contributed by atoms with E-state index in [-0.39, 0.29) is 0 Å². The number of hydrogen-bond acceptors (Lipinski definition) is 5. The third-order valence-electron chi connectivity index (χ3n) is 0.610. The van der Waals surface area contributed by atoms with Crippen LogP contribution in [-0.4, -0.2) is 30.4 Å². The number of aliphatic hydroxyl groups is 1. The van der Waals surface area contributed by atoms with Gasteiger partial charge in [-0.25, -0.2) is 4.18 Å². The van der Waals surface area contributed by atoms with Crippen LogP contribution in [0.5, 0.6) is 0 Å². The third kappa shape index (κ3) is 4.65. The lowest BCUT2D eigenvalue weighted by Gasteiger charge is -2.18. The van der Waals surface area contributed by atoms with Crippen LogP contribution in [-0.2, 0) is 14.6 Å². The molecule has 10 heavy (non-hydrogen) atoms. The molecule has 0 spiro atoms. The molecule has 0 aliphatic rings. The van der Waals surface area contributed by atoms with E-state index in [9.17, 15) is 8.42 Å². The number of rotatable bonds is 3. The highest BCUT2D eigenvalue weighted by Crippen LogP contribution is 2.03. The molecule has 0 bridgehead atoms. The first-order valence-corrected chi connectivity index (χ1v) is 3.71. The summed E-state index contributed by atoms with van der Waals surface area (Å²) in [5, 5.41) is 8.33. The lowest BCUT2D eigenvalue weighted by Crippen LogP contribution is -2.44. The van der Waals surface area contributed by atoms with Gasteiger partial charge in [0.25, 0.3) is 0 Å². The summed E-state index contributed by atoms with van der Waals surface area (Å²) >= 11 is 0. The minimum atomic E-state index is -4.58. The molecule has 0 aromatic heterocycles. The van der Waals surface area contributed by atoms with Crippen molar-refractivity contribution < 1.29 is 22.3 Å². The van der Waals surface area contributed by atoms with E-state index in [2.05, 4.69) is 4.18 Å². The normalized spacial score (nSPS) is 18.4. The van der Waals surface area contributed by atoms with Gasteiger partial charge in [-0.3, -0.25) is 4.55 Å². The maximum atomic E-state index is 9.95. The van der Waals surface area contributed by atoms with Crippen LogP contribution in [0.4, 0.5) is 0 Å². The zero-order chi connectivity index (χ0) is 8.41. The van der Waals surface area contributed by atoms with E-state index in [1.165, 1.54) is 0 Å². The highest BCUT2D eigenvalue weighted by atomic mass is 32.3. The largest absolute Gasteiger partial charge is 0.399 e. The molecular formula is C3H9NO5S. The predicted molar refractivity (Wildman–Crippen MR) is 32.3 cm³/mol. The maximum Gasteiger partial charge on any atom is 0.399 e. The van der Waals surface area contributed by atoms with Crippen LogP contribution >= 0.6 is 0 Å². The zero-order valence-corrected chi connectivity index (χ0v) is 6.13. The Morgan fingerprint density at radius 2 is 2.10 bits per heavy atom. The zero-order valence-electron chi connectivity index (χ0n) is 5.31. The summed E-state index contributed by atoms with van der Waals surface area (Å²) in [5.41, 5.74) is 3.23. The van der Waals surface area contributed by atoms with Gasteiger partial charge < -0.3 is 10.8 Å². The van der Waals surface area contributed by atoms with Crippen molar-refractivity contribution in [1.82, 2.24) is 0 Å². The SMILES string of the molecule is CC(N)(CO)OS(=O)(=O)O. The van der Waals surface area contributed by atoms with Gasteiger partial charge >= 0.3 is 10.4 Å². The Balaban J connectivity index is 4.16. The van der Waals surface area contributed by atoms with Crippen molar-refractivity contribution in [2.24, 2.45) is 5.73 Å². The van der Waals surface area contributed by atoms with Gasteiger partial charge in [0.1, 0.15) is 0 Å². The van der Waals surface area contributed by atoms with Crippen molar-refractivity contribution in [3.8, 4) is 0 Å². The van der Waals surface area contributed by atoms with E-state index in [4.69, 9.17) is 15.4 Å². The second kappa shape index (κ2) is 2.81. The van der Waals surface area contributed by atoms with Crippen LogP contribution in [0.25, 0.3) is 0 Å². The summed E-state index contributed by atoms with van der Waals surface area (Å²) in [6.45, 7) is 0.410. The molecular weight excluding hydrogens is 162 g/mol. The van der Waals surface area contributed by atoms with Gasteiger partial charge in [-0.05, 0) is 6.92 Å². The summed E-state index contributed by atoms with van der Waals surface area (Å²) < 4.78 is 31.8. The minimum Gasteiger partial charge on any atom is -0.392 e. The van der Waals surface area contributed by atoms with Gasteiger partial charge in [0.15, 0.2) is 5.72 Å². The van der Waals surface area contributed by atoms with Crippen molar-refractivity contribution in [1.29, 1.82) is 0 Å². The molecule has 0 aromatic rings. The van der Waals surface area contributed by atoms with E-state index in [0.717, 1.165) is 6.92 Å². The first kappa shape index (κ1) is 9.79. The smallest absolute Gasteiger partial charge is 0.392 e. The van der Waals surface area contributed by atoms with Crippen LogP contribution in [0.2, 0.25) is 0 Å². The average Bonchev–Trinajstić information content (AvgIpc) is 1.60. The predicted octanol–water partition coefficient (Wildman–Crippen LogP) is -1.53. The van der Waals surface area contributed by atoms with Gasteiger partial charge in [-0.2, -0.15) is 8.42 Å². The van der Waals surface area contributed by atoms with Crippen molar-refractivity contribution in [2.45, 2.75) is 12.6 Å². The summed E-state index contributed by atoms with van der Waals surface area (Å²) in [7, 11) is -4.58. The van der Waals surface area contributed by atoms with Crippen molar-refractivity contribution in [3.05, 3.63) is 0 Å². The van der Waals surface area contributed by atoms with Gasteiger partial charge in [0.05, 0.1) is 6.61 Å². The molecule has 0 heterocycles. The van der Waals surface area contributed by atoms with E-state index < -0.39 is 22.7 Å². The van der Waals surface area contributed by atoms with Gasteiger partial charge in [0.2, 0.25) is 0 Å². The molecule has 0 radical (unpaired) electrons. The Kier molecular flexibility index (Phi) is 2.75. The number of aliphatic hydroxyl groups excluding tert-OH is 1. The lowest BCUT2D eigenvalue weighted by atomic mass is 10.3.